The summed E-state index contributed by atoms with van der Waals surface area (Å²) >= 11 is 0. The lowest BCUT2D eigenvalue weighted by Gasteiger charge is -2.17. The molecule has 0 bridgehead atoms. The van der Waals surface area contributed by atoms with E-state index in [1.807, 2.05) is 49.4 Å². The van der Waals surface area contributed by atoms with Gasteiger partial charge in [0.25, 0.3) is 5.91 Å². The Morgan fingerprint density at radius 1 is 1.00 bits per heavy atom. The van der Waals surface area contributed by atoms with E-state index in [9.17, 15) is 9.59 Å². The first-order chi connectivity index (χ1) is 19.6. The van der Waals surface area contributed by atoms with E-state index < -0.39 is 11.9 Å². The van der Waals surface area contributed by atoms with Crippen molar-refractivity contribution in [1.82, 2.24) is 20.0 Å². The average Bonchev–Trinajstić information content (AvgIpc) is 3.50. The van der Waals surface area contributed by atoms with Gasteiger partial charge in [-0.1, -0.05) is 55.4 Å². The third-order valence-corrected chi connectivity index (χ3v) is 7.72. The minimum Gasteiger partial charge on any atom is -0.483 e. The number of nitrogens with zero attached hydrogens (tertiary/aromatic N) is 2. The molecule has 1 unspecified atom stereocenters. The van der Waals surface area contributed by atoms with Crippen LogP contribution in [0, 0.1) is 13.8 Å². The van der Waals surface area contributed by atoms with Crippen LogP contribution in [0.25, 0.3) is 10.9 Å². The predicted octanol–water partition coefficient (Wildman–Crippen LogP) is 6.74. The van der Waals surface area contributed by atoms with Crippen molar-refractivity contribution in [1.29, 1.82) is 0 Å². The Balaban J connectivity index is 1.34. The van der Waals surface area contributed by atoms with E-state index in [-0.39, 0.29) is 11.9 Å². The number of aromatic nitrogens is 3. The van der Waals surface area contributed by atoms with Gasteiger partial charge >= 0.3 is 5.76 Å². The molecule has 0 saturated carbocycles. The van der Waals surface area contributed by atoms with Gasteiger partial charge in [0, 0.05) is 28.7 Å². The lowest BCUT2D eigenvalue weighted by atomic mass is 9.98. The highest BCUT2D eigenvalue weighted by atomic mass is 16.5. The standard InChI is InChI=1S/C33H36N4O4/c1-19(2)25-10-8-11-26(16-25)21(4)34-32(38)27-13-14-30-29(17-27)20(3)22(5)37(30)18-24-9-7-12-28(15-24)40-23(6)31-35-33(39)41-36-31/h7-17,19,21,23H,18H2,1-6H3,(H,34,38)(H,35,36,39)/t21-,23?/m0/s1. The highest BCUT2D eigenvalue weighted by Gasteiger charge is 2.17. The molecule has 5 rings (SSSR count). The van der Waals surface area contributed by atoms with Crippen molar-refractivity contribution in [2.45, 2.75) is 66.2 Å². The fraction of sp³-hybridized carbons (Fsp3) is 0.303. The average molecular weight is 553 g/mol. The fourth-order valence-electron chi connectivity index (χ4n) is 5.12. The topological polar surface area (TPSA) is 102 Å². The smallest absolute Gasteiger partial charge is 0.439 e. The zero-order chi connectivity index (χ0) is 29.3. The van der Waals surface area contributed by atoms with Crippen LogP contribution >= 0.6 is 0 Å². The number of benzene rings is 3. The van der Waals surface area contributed by atoms with Gasteiger partial charge in [-0.25, -0.2) is 4.79 Å². The maximum Gasteiger partial charge on any atom is 0.439 e. The van der Waals surface area contributed by atoms with Crippen LogP contribution in [0.3, 0.4) is 0 Å². The largest absolute Gasteiger partial charge is 0.483 e. The molecule has 41 heavy (non-hydrogen) atoms. The molecule has 2 N–H and O–H groups in total. The molecule has 212 valence electrons. The highest BCUT2D eigenvalue weighted by Crippen LogP contribution is 2.29. The maximum absolute atomic E-state index is 13.3. The summed E-state index contributed by atoms with van der Waals surface area (Å²) in [5.41, 5.74) is 7.39. The zero-order valence-electron chi connectivity index (χ0n) is 24.3. The van der Waals surface area contributed by atoms with Gasteiger partial charge in [-0.05, 0) is 86.2 Å². The Kier molecular flexibility index (Phi) is 7.83. The van der Waals surface area contributed by atoms with E-state index in [0.29, 0.717) is 29.6 Å². The molecule has 2 atom stereocenters. The molecule has 2 aromatic heterocycles. The van der Waals surface area contributed by atoms with Gasteiger partial charge in [0.15, 0.2) is 11.9 Å². The van der Waals surface area contributed by atoms with Crippen molar-refractivity contribution in [2.24, 2.45) is 0 Å². The molecular formula is C33H36N4O4. The van der Waals surface area contributed by atoms with Crippen molar-refractivity contribution in [2.75, 3.05) is 0 Å². The maximum atomic E-state index is 13.3. The molecule has 0 aliphatic carbocycles. The van der Waals surface area contributed by atoms with Crippen LogP contribution in [0.15, 0.2) is 76.0 Å². The molecule has 0 aliphatic rings. The summed E-state index contributed by atoms with van der Waals surface area (Å²) in [6, 6.07) is 22.0. The quantitative estimate of drug-likeness (QED) is 0.211. The third-order valence-electron chi connectivity index (χ3n) is 7.72. The van der Waals surface area contributed by atoms with Crippen LogP contribution in [0.4, 0.5) is 0 Å². The monoisotopic (exact) mass is 552 g/mol. The number of fused-ring (bicyclic) bond motifs is 1. The van der Waals surface area contributed by atoms with Crippen LogP contribution < -0.4 is 15.8 Å². The lowest BCUT2D eigenvalue weighted by molar-refractivity contribution is 0.0940. The van der Waals surface area contributed by atoms with E-state index in [0.717, 1.165) is 33.3 Å². The molecule has 2 heterocycles. The van der Waals surface area contributed by atoms with E-state index in [1.165, 1.54) is 5.56 Å². The molecule has 0 radical (unpaired) electrons. The van der Waals surface area contributed by atoms with Crippen LogP contribution in [0.1, 0.15) is 89.9 Å². The molecule has 3 aromatic carbocycles. The number of aromatic amines is 1. The van der Waals surface area contributed by atoms with Gasteiger partial charge in [-0.2, -0.15) is 0 Å². The zero-order valence-corrected chi connectivity index (χ0v) is 24.3. The molecular weight excluding hydrogens is 516 g/mol. The van der Waals surface area contributed by atoms with Gasteiger partial charge in [0.1, 0.15) is 5.75 Å². The van der Waals surface area contributed by atoms with E-state index >= 15 is 0 Å². The number of ether oxygens (including phenoxy) is 1. The van der Waals surface area contributed by atoms with E-state index in [4.69, 9.17) is 4.74 Å². The molecule has 0 saturated heterocycles. The SMILES string of the molecule is Cc1c(C)n(Cc2cccc(OC(C)c3noc(=O)[nH]3)c2)c2ccc(C(=O)N[C@@H](C)c3cccc(C(C)C)c3)cc12. The van der Waals surface area contributed by atoms with Crippen LogP contribution in [-0.4, -0.2) is 20.6 Å². The minimum atomic E-state index is -0.610. The summed E-state index contributed by atoms with van der Waals surface area (Å²) in [6.07, 6.45) is -0.473. The third kappa shape index (κ3) is 5.96. The fourth-order valence-corrected chi connectivity index (χ4v) is 5.12. The van der Waals surface area contributed by atoms with Crippen molar-refractivity contribution in [3.05, 3.63) is 117 Å². The molecule has 0 aliphatic heterocycles. The summed E-state index contributed by atoms with van der Waals surface area (Å²) in [5.74, 6) is 0.728. The number of carbonyl (C=O) groups excluding carboxylic acids is 1. The molecule has 0 fully saturated rings. The lowest BCUT2D eigenvalue weighted by Crippen LogP contribution is -2.26. The summed E-state index contributed by atoms with van der Waals surface area (Å²) in [6.45, 7) is 13.0. The molecule has 8 nitrogen and oxygen atoms in total. The Labute approximate surface area is 239 Å². The number of nitrogens with one attached hydrogen (secondary N) is 2. The number of rotatable bonds is 9. The highest BCUT2D eigenvalue weighted by molar-refractivity contribution is 5.99. The van der Waals surface area contributed by atoms with Crippen molar-refractivity contribution in [3.8, 4) is 5.75 Å². The second-order valence-corrected chi connectivity index (χ2v) is 10.9. The van der Waals surface area contributed by atoms with Crippen molar-refractivity contribution >= 4 is 16.8 Å². The van der Waals surface area contributed by atoms with Gasteiger partial charge in [-0.3, -0.25) is 14.3 Å². The first-order valence-corrected chi connectivity index (χ1v) is 13.9. The second-order valence-electron chi connectivity index (χ2n) is 10.9. The first-order valence-electron chi connectivity index (χ1n) is 13.9. The van der Waals surface area contributed by atoms with Crippen LogP contribution in [-0.2, 0) is 6.54 Å². The molecule has 5 aromatic rings. The van der Waals surface area contributed by atoms with Crippen molar-refractivity contribution < 1.29 is 14.1 Å². The van der Waals surface area contributed by atoms with E-state index in [1.54, 1.807) is 6.92 Å². The van der Waals surface area contributed by atoms with Gasteiger partial charge in [-0.15, -0.1) is 0 Å². The molecule has 1 amide bonds. The Bertz CT molecular complexity index is 1760. The van der Waals surface area contributed by atoms with Crippen LogP contribution in [0.2, 0.25) is 0 Å². The van der Waals surface area contributed by atoms with Crippen molar-refractivity contribution in [3.63, 3.8) is 0 Å². The Hall–Kier alpha value is -4.59. The van der Waals surface area contributed by atoms with Gasteiger partial charge in [0.2, 0.25) is 0 Å². The summed E-state index contributed by atoms with van der Waals surface area (Å²) in [4.78, 5) is 27.1. The molecule has 8 heteroatoms. The normalized spacial score (nSPS) is 13.0. The van der Waals surface area contributed by atoms with Gasteiger partial charge in [0.05, 0.1) is 6.04 Å². The summed E-state index contributed by atoms with van der Waals surface area (Å²) < 4.78 is 12.8. The number of aryl methyl sites for hydroxylation is 1. The number of H-pyrrole nitrogens is 1. The van der Waals surface area contributed by atoms with E-state index in [2.05, 4.69) is 76.5 Å². The van der Waals surface area contributed by atoms with Crippen LogP contribution in [0.5, 0.6) is 5.75 Å². The molecule has 0 spiro atoms. The second kappa shape index (κ2) is 11.5. The summed E-state index contributed by atoms with van der Waals surface area (Å²) in [5, 5.41) is 7.94. The van der Waals surface area contributed by atoms with Gasteiger partial charge < -0.3 is 14.6 Å². The Morgan fingerprint density at radius 2 is 1.76 bits per heavy atom. The number of amides is 1. The first kappa shape index (κ1) is 28.0. The summed E-state index contributed by atoms with van der Waals surface area (Å²) in [7, 11) is 0. The number of carbonyl (C=O) groups is 1. The Morgan fingerprint density at radius 3 is 2.49 bits per heavy atom. The number of hydrogen-bond acceptors (Lipinski definition) is 5. The minimum absolute atomic E-state index is 0.0911. The number of hydrogen-bond donors (Lipinski definition) is 2. The predicted molar refractivity (Wildman–Crippen MR) is 160 cm³/mol.